The van der Waals surface area contributed by atoms with Crippen molar-refractivity contribution in [1.82, 2.24) is 0 Å². The Bertz CT molecular complexity index is 388. The Kier molecular flexibility index (Phi) is 4.39. The predicted octanol–water partition coefficient (Wildman–Crippen LogP) is 2.55. The van der Waals surface area contributed by atoms with Crippen LogP contribution in [0.5, 0.6) is 5.75 Å². The predicted molar refractivity (Wildman–Crippen MR) is 65.6 cm³/mol. The van der Waals surface area contributed by atoms with E-state index in [0.29, 0.717) is 0 Å². The molecule has 1 aromatic carbocycles. The van der Waals surface area contributed by atoms with E-state index in [0.717, 1.165) is 16.9 Å². The van der Waals surface area contributed by atoms with Crippen molar-refractivity contribution in [3.05, 3.63) is 29.3 Å². The van der Waals surface area contributed by atoms with Gasteiger partial charge in [-0.3, -0.25) is 0 Å². The second-order valence-corrected chi connectivity index (χ2v) is 4.11. The molecule has 16 heavy (non-hydrogen) atoms. The minimum Gasteiger partial charge on any atom is -0.490 e. The molecule has 0 bridgehead atoms. The van der Waals surface area contributed by atoms with Crippen molar-refractivity contribution >= 4 is 0 Å². The van der Waals surface area contributed by atoms with E-state index in [9.17, 15) is 5.11 Å². The molecule has 0 heterocycles. The highest BCUT2D eigenvalue weighted by Crippen LogP contribution is 2.27. The van der Waals surface area contributed by atoms with Crippen LogP contribution < -0.4 is 4.74 Å². The summed E-state index contributed by atoms with van der Waals surface area (Å²) in [5, 5.41) is 9.17. The fourth-order valence-corrected chi connectivity index (χ4v) is 1.56. The molecule has 2 heteroatoms. The zero-order chi connectivity index (χ0) is 12.1. The van der Waals surface area contributed by atoms with Gasteiger partial charge in [-0.15, -0.1) is 6.42 Å². The lowest BCUT2D eigenvalue weighted by atomic mass is 9.96. The number of benzene rings is 1. The third-order valence-corrected chi connectivity index (χ3v) is 2.37. The van der Waals surface area contributed by atoms with Crippen LogP contribution in [0.1, 0.15) is 37.8 Å². The number of rotatable bonds is 4. The average Bonchev–Trinajstić information content (AvgIpc) is 2.27. The zero-order valence-electron chi connectivity index (χ0n) is 10.0. The second-order valence-electron chi connectivity index (χ2n) is 4.11. The monoisotopic (exact) mass is 218 g/mol. The van der Waals surface area contributed by atoms with Crippen LogP contribution >= 0.6 is 0 Å². The maximum Gasteiger partial charge on any atom is 0.135 e. The molecule has 0 aliphatic heterocycles. The van der Waals surface area contributed by atoms with Crippen molar-refractivity contribution in [1.29, 1.82) is 0 Å². The van der Waals surface area contributed by atoms with Gasteiger partial charge in [0.15, 0.2) is 0 Å². The molecular formula is C14H18O2. The molecule has 0 saturated heterocycles. The van der Waals surface area contributed by atoms with Crippen molar-refractivity contribution in [3.8, 4) is 18.1 Å². The van der Waals surface area contributed by atoms with Crippen molar-refractivity contribution in [2.45, 2.75) is 32.8 Å². The fourth-order valence-electron chi connectivity index (χ4n) is 1.56. The number of aliphatic hydroxyl groups is 1. The molecule has 0 radical (unpaired) electrons. The van der Waals surface area contributed by atoms with E-state index < -0.39 is 0 Å². The Morgan fingerprint density at radius 2 is 2.06 bits per heavy atom. The smallest absolute Gasteiger partial charge is 0.135 e. The van der Waals surface area contributed by atoms with Gasteiger partial charge in [-0.25, -0.2) is 0 Å². The Hall–Kier alpha value is -1.46. The summed E-state index contributed by atoms with van der Waals surface area (Å²) in [7, 11) is 0. The number of terminal acetylenes is 1. The highest BCUT2D eigenvalue weighted by atomic mass is 16.5. The Labute approximate surface area is 97.3 Å². The molecule has 0 spiro atoms. The summed E-state index contributed by atoms with van der Waals surface area (Å²) in [6, 6.07) is 5.70. The molecule has 0 aromatic heterocycles. The van der Waals surface area contributed by atoms with Crippen molar-refractivity contribution in [2.24, 2.45) is 0 Å². The minimum atomic E-state index is 0.0294. The average molecular weight is 218 g/mol. The maximum absolute atomic E-state index is 9.17. The lowest BCUT2D eigenvalue weighted by Gasteiger charge is -2.16. The number of hydrogen-bond donors (Lipinski definition) is 1. The molecule has 0 saturated carbocycles. The van der Waals surface area contributed by atoms with Crippen LogP contribution in [0.4, 0.5) is 0 Å². The summed E-state index contributed by atoms with van der Waals surface area (Å²) in [5.41, 5.74) is 1.71. The fraction of sp³-hybridized carbons (Fsp3) is 0.429. The molecular weight excluding hydrogens is 200 g/mol. The summed E-state index contributed by atoms with van der Waals surface area (Å²) >= 11 is 0. The largest absolute Gasteiger partial charge is 0.490 e. The third-order valence-electron chi connectivity index (χ3n) is 2.37. The zero-order valence-corrected chi connectivity index (χ0v) is 10.0. The summed E-state index contributed by atoms with van der Waals surface area (Å²) < 4.78 is 5.65. The van der Waals surface area contributed by atoms with Crippen molar-refractivity contribution in [2.75, 3.05) is 6.61 Å². The molecule has 1 aromatic rings. The van der Waals surface area contributed by atoms with Crippen LogP contribution in [0.25, 0.3) is 0 Å². The topological polar surface area (TPSA) is 29.5 Å². The third kappa shape index (κ3) is 2.77. The standard InChI is InChI=1S/C14H18O2/c1-5-12-13(11(4)9-15)7-6-8-14(12)16-10(2)3/h1,6-8,10-11,15H,9H2,2-4H3. The van der Waals surface area contributed by atoms with Gasteiger partial charge in [0.1, 0.15) is 5.75 Å². The van der Waals surface area contributed by atoms with Crippen LogP contribution in [-0.2, 0) is 0 Å². The molecule has 1 rings (SSSR count). The maximum atomic E-state index is 9.17. The van der Waals surface area contributed by atoms with Gasteiger partial charge in [-0.05, 0) is 25.5 Å². The van der Waals surface area contributed by atoms with E-state index in [4.69, 9.17) is 11.2 Å². The molecule has 1 unspecified atom stereocenters. The normalized spacial score (nSPS) is 12.2. The van der Waals surface area contributed by atoms with Crippen LogP contribution in [0, 0.1) is 12.3 Å². The van der Waals surface area contributed by atoms with Gasteiger partial charge in [0.25, 0.3) is 0 Å². The molecule has 0 aliphatic carbocycles. The van der Waals surface area contributed by atoms with Gasteiger partial charge >= 0.3 is 0 Å². The molecule has 2 nitrogen and oxygen atoms in total. The van der Waals surface area contributed by atoms with E-state index in [2.05, 4.69) is 5.92 Å². The number of ether oxygens (including phenoxy) is 1. The Morgan fingerprint density at radius 1 is 1.38 bits per heavy atom. The van der Waals surface area contributed by atoms with Gasteiger partial charge in [-0.1, -0.05) is 25.0 Å². The minimum absolute atomic E-state index is 0.0294. The molecule has 0 fully saturated rings. The quantitative estimate of drug-likeness (QED) is 0.787. The van der Waals surface area contributed by atoms with E-state index in [1.807, 2.05) is 39.0 Å². The first-order chi connectivity index (χ1) is 7.60. The van der Waals surface area contributed by atoms with Gasteiger partial charge in [0.2, 0.25) is 0 Å². The van der Waals surface area contributed by atoms with Gasteiger partial charge < -0.3 is 9.84 Å². The lowest BCUT2D eigenvalue weighted by molar-refractivity contribution is 0.240. The number of hydrogen-bond acceptors (Lipinski definition) is 2. The molecule has 0 amide bonds. The number of aliphatic hydroxyl groups excluding tert-OH is 1. The first kappa shape index (κ1) is 12.6. The molecule has 1 atom stereocenters. The van der Waals surface area contributed by atoms with Gasteiger partial charge in [-0.2, -0.15) is 0 Å². The van der Waals surface area contributed by atoms with Crippen LogP contribution in [0.3, 0.4) is 0 Å². The summed E-state index contributed by atoms with van der Waals surface area (Å²) in [4.78, 5) is 0. The summed E-state index contributed by atoms with van der Waals surface area (Å²) in [6.07, 6.45) is 5.60. The first-order valence-electron chi connectivity index (χ1n) is 5.47. The lowest BCUT2D eigenvalue weighted by Crippen LogP contribution is -2.09. The molecule has 0 aliphatic rings. The van der Waals surface area contributed by atoms with E-state index in [1.165, 1.54) is 0 Å². The van der Waals surface area contributed by atoms with Crippen molar-refractivity contribution in [3.63, 3.8) is 0 Å². The van der Waals surface area contributed by atoms with E-state index in [1.54, 1.807) is 0 Å². The van der Waals surface area contributed by atoms with Crippen LogP contribution in [0.15, 0.2) is 18.2 Å². The van der Waals surface area contributed by atoms with E-state index in [-0.39, 0.29) is 18.6 Å². The van der Waals surface area contributed by atoms with Gasteiger partial charge in [0, 0.05) is 12.5 Å². The van der Waals surface area contributed by atoms with Crippen molar-refractivity contribution < 1.29 is 9.84 Å². The highest BCUT2D eigenvalue weighted by Gasteiger charge is 2.13. The van der Waals surface area contributed by atoms with E-state index >= 15 is 0 Å². The second kappa shape index (κ2) is 5.58. The van der Waals surface area contributed by atoms with Crippen LogP contribution in [0.2, 0.25) is 0 Å². The van der Waals surface area contributed by atoms with Gasteiger partial charge in [0.05, 0.1) is 11.7 Å². The highest BCUT2D eigenvalue weighted by molar-refractivity contribution is 5.51. The summed E-state index contributed by atoms with van der Waals surface area (Å²) in [6.45, 7) is 5.94. The Morgan fingerprint density at radius 3 is 2.56 bits per heavy atom. The first-order valence-corrected chi connectivity index (χ1v) is 5.47. The Balaban J connectivity index is 3.16. The van der Waals surface area contributed by atoms with Crippen LogP contribution in [-0.4, -0.2) is 17.8 Å². The summed E-state index contributed by atoms with van der Waals surface area (Å²) in [5.74, 6) is 3.40. The molecule has 1 N–H and O–H groups in total. The molecule has 86 valence electrons. The SMILES string of the molecule is C#Cc1c(OC(C)C)cccc1C(C)CO.